The van der Waals surface area contributed by atoms with E-state index in [2.05, 4.69) is 17.2 Å². The van der Waals surface area contributed by atoms with E-state index >= 15 is 0 Å². The molecule has 1 aromatic rings. The Morgan fingerprint density at radius 2 is 1.78 bits per heavy atom. The molecule has 0 saturated heterocycles. The molecule has 0 radical (unpaired) electrons. The van der Waals surface area contributed by atoms with E-state index in [1.807, 2.05) is 0 Å². The molecule has 0 unspecified atom stereocenters. The smallest absolute Gasteiger partial charge is 0.412 e. The molecule has 0 aliphatic rings. The van der Waals surface area contributed by atoms with Crippen LogP contribution in [-0.2, 0) is 4.74 Å². The topological polar surface area (TPSA) is 51.2 Å². The quantitative estimate of drug-likeness (QED) is 0.455. The molecule has 0 aliphatic carbocycles. The van der Waals surface area contributed by atoms with Crippen LogP contribution >= 0.6 is 12.2 Å². The third-order valence-corrected chi connectivity index (χ3v) is 3.96. The molecular formula is C18H28N2O2S. The number of carbonyl (C=O) groups is 1. The van der Waals surface area contributed by atoms with Gasteiger partial charge in [-0.25, -0.2) is 4.79 Å². The molecule has 0 aromatic carbocycles. The van der Waals surface area contributed by atoms with Crippen molar-refractivity contribution in [3.05, 3.63) is 30.1 Å². The minimum Gasteiger partial charge on any atom is -0.449 e. The van der Waals surface area contributed by atoms with Gasteiger partial charge in [0.15, 0.2) is 0 Å². The summed E-state index contributed by atoms with van der Waals surface area (Å²) < 4.78 is 5.14. The van der Waals surface area contributed by atoms with Gasteiger partial charge >= 0.3 is 6.09 Å². The Balaban J connectivity index is 1.97. The lowest BCUT2D eigenvalue weighted by Crippen LogP contribution is -2.30. The number of nitrogens with one attached hydrogen (secondary N) is 1. The van der Waals surface area contributed by atoms with Gasteiger partial charge in [-0.3, -0.25) is 10.3 Å². The molecule has 0 bridgehead atoms. The summed E-state index contributed by atoms with van der Waals surface area (Å²) >= 11 is 5.12. The number of aromatic nitrogens is 1. The van der Waals surface area contributed by atoms with Crippen LogP contribution in [-0.4, -0.2) is 22.7 Å². The number of carbonyl (C=O) groups excluding carboxylic acids is 1. The molecular weight excluding hydrogens is 308 g/mol. The predicted octanol–water partition coefficient (Wildman–Crippen LogP) is 5.01. The summed E-state index contributed by atoms with van der Waals surface area (Å²) in [6, 6.07) is 3.58. The zero-order valence-corrected chi connectivity index (χ0v) is 14.9. The average Bonchev–Trinajstić information content (AvgIpc) is 2.57. The molecule has 1 aromatic heterocycles. The lowest BCUT2D eigenvalue weighted by Gasteiger charge is -2.08. The van der Waals surface area contributed by atoms with E-state index in [0.29, 0.717) is 17.2 Å². The third-order valence-electron chi connectivity index (χ3n) is 3.62. The fourth-order valence-corrected chi connectivity index (χ4v) is 2.48. The van der Waals surface area contributed by atoms with Crippen molar-refractivity contribution >= 4 is 23.3 Å². The number of alkyl carbamates (subject to hydrolysis) is 1. The van der Waals surface area contributed by atoms with Crippen LogP contribution in [0.1, 0.15) is 70.3 Å². The van der Waals surface area contributed by atoms with Gasteiger partial charge in [0.2, 0.25) is 0 Å². The van der Waals surface area contributed by atoms with E-state index in [9.17, 15) is 4.79 Å². The van der Waals surface area contributed by atoms with Crippen LogP contribution in [0, 0.1) is 0 Å². The average molecular weight is 337 g/mol. The number of amides is 1. The van der Waals surface area contributed by atoms with Crippen LogP contribution < -0.4 is 5.32 Å². The van der Waals surface area contributed by atoms with Gasteiger partial charge in [-0.2, -0.15) is 0 Å². The van der Waals surface area contributed by atoms with Crippen LogP contribution in [0.5, 0.6) is 0 Å². The minimum absolute atomic E-state index is 0.343. The summed E-state index contributed by atoms with van der Waals surface area (Å²) in [4.78, 5) is 15.9. The van der Waals surface area contributed by atoms with E-state index in [4.69, 9.17) is 17.0 Å². The summed E-state index contributed by atoms with van der Waals surface area (Å²) in [5.74, 6) is 0. The highest BCUT2D eigenvalue weighted by Gasteiger charge is 2.07. The molecule has 0 fully saturated rings. The summed E-state index contributed by atoms with van der Waals surface area (Å²) in [5.41, 5.74) is 0.711. The van der Waals surface area contributed by atoms with Crippen molar-refractivity contribution in [2.24, 2.45) is 0 Å². The van der Waals surface area contributed by atoms with Gasteiger partial charge in [0.05, 0.1) is 6.61 Å². The van der Waals surface area contributed by atoms with Crippen molar-refractivity contribution in [2.75, 3.05) is 6.61 Å². The Kier molecular flexibility index (Phi) is 11.0. The largest absolute Gasteiger partial charge is 0.449 e. The van der Waals surface area contributed by atoms with E-state index in [0.717, 1.165) is 12.8 Å². The maximum absolute atomic E-state index is 11.6. The molecule has 4 nitrogen and oxygen atoms in total. The second kappa shape index (κ2) is 13.0. The van der Waals surface area contributed by atoms with Gasteiger partial charge < -0.3 is 4.74 Å². The molecule has 1 N–H and O–H groups in total. The van der Waals surface area contributed by atoms with Gasteiger partial charge in [-0.05, 0) is 18.6 Å². The Morgan fingerprint density at radius 1 is 1.13 bits per heavy atom. The Morgan fingerprint density at radius 3 is 2.39 bits per heavy atom. The van der Waals surface area contributed by atoms with Gasteiger partial charge in [0.1, 0.15) is 4.99 Å². The Bertz CT molecular complexity index is 452. The second-order valence-electron chi connectivity index (χ2n) is 5.66. The summed E-state index contributed by atoms with van der Waals surface area (Å²) in [6.45, 7) is 2.68. The number of hydrogen-bond donors (Lipinski definition) is 1. The zero-order chi connectivity index (χ0) is 16.8. The van der Waals surface area contributed by atoms with Crippen molar-refractivity contribution in [3.63, 3.8) is 0 Å². The van der Waals surface area contributed by atoms with Crippen LogP contribution in [0.15, 0.2) is 24.5 Å². The molecule has 0 atom stereocenters. The highest BCUT2D eigenvalue weighted by molar-refractivity contribution is 7.80. The normalized spacial score (nSPS) is 10.3. The number of ether oxygens (including phenoxy) is 1. The Labute approximate surface area is 145 Å². The molecule has 5 heteroatoms. The molecule has 1 amide bonds. The van der Waals surface area contributed by atoms with Crippen LogP contribution in [0.4, 0.5) is 4.79 Å². The van der Waals surface area contributed by atoms with Crippen LogP contribution in [0.3, 0.4) is 0 Å². The molecule has 23 heavy (non-hydrogen) atoms. The first kappa shape index (κ1) is 19.6. The van der Waals surface area contributed by atoms with Crippen molar-refractivity contribution in [1.82, 2.24) is 10.3 Å². The van der Waals surface area contributed by atoms with E-state index in [1.165, 1.54) is 44.9 Å². The van der Waals surface area contributed by atoms with Gasteiger partial charge in [-0.15, -0.1) is 0 Å². The van der Waals surface area contributed by atoms with Crippen molar-refractivity contribution in [3.8, 4) is 0 Å². The highest BCUT2D eigenvalue weighted by atomic mass is 32.1. The lowest BCUT2D eigenvalue weighted by atomic mass is 10.1. The molecule has 1 rings (SSSR count). The number of pyridine rings is 1. The molecule has 0 spiro atoms. The van der Waals surface area contributed by atoms with E-state index < -0.39 is 6.09 Å². The molecule has 1 heterocycles. The van der Waals surface area contributed by atoms with Crippen molar-refractivity contribution in [1.29, 1.82) is 0 Å². The molecule has 0 aliphatic heterocycles. The number of rotatable bonds is 11. The van der Waals surface area contributed by atoms with Gasteiger partial charge in [0.25, 0.3) is 0 Å². The van der Waals surface area contributed by atoms with E-state index in [1.54, 1.807) is 24.5 Å². The lowest BCUT2D eigenvalue weighted by molar-refractivity contribution is 0.149. The maximum Gasteiger partial charge on any atom is 0.412 e. The number of unbranched alkanes of at least 4 members (excludes halogenated alkanes) is 8. The fourth-order valence-electron chi connectivity index (χ4n) is 2.28. The molecule has 128 valence electrons. The zero-order valence-electron chi connectivity index (χ0n) is 14.1. The Hall–Kier alpha value is -1.49. The predicted molar refractivity (Wildman–Crippen MR) is 97.6 cm³/mol. The first-order valence-corrected chi connectivity index (χ1v) is 9.03. The van der Waals surface area contributed by atoms with Crippen LogP contribution in [0.25, 0.3) is 0 Å². The maximum atomic E-state index is 11.6. The first-order valence-electron chi connectivity index (χ1n) is 8.62. The second-order valence-corrected chi connectivity index (χ2v) is 6.07. The highest BCUT2D eigenvalue weighted by Crippen LogP contribution is 2.09. The van der Waals surface area contributed by atoms with Gasteiger partial charge in [0, 0.05) is 18.0 Å². The number of nitrogens with zero attached hydrogens (tertiary/aromatic N) is 1. The van der Waals surface area contributed by atoms with E-state index in [-0.39, 0.29) is 0 Å². The summed E-state index contributed by atoms with van der Waals surface area (Å²) in [7, 11) is 0. The van der Waals surface area contributed by atoms with Gasteiger partial charge in [-0.1, -0.05) is 70.5 Å². The number of thiocarbonyl (C=S) groups is 1. The minimum atomic E-state index is -0.488. The van der Waals surface area contributed by atoms with Crippen molar-refractivity contribution in [2.45, 2.75) is 64.7 Å². The third kappa shape index (κ3) is 10.00. The first-order chi connectivity index (χ1) is 11.2. The van der Waals surface area contributed by atoms with Crippen LogP contribution in [0.2, 0.25) is 0 Å². The van der Waals surface area contributed by atoms with Crippen molar-refractivity contribution < 1.29 is 9.53 Å². The fraction of sp³-hybridized carbons (Fsp3) is 0.611. The summed E-state index contributed by atoms with van der Waals surface area (Å²) in [6.07, 6.45) is 14.0. The standard InChI is InChI=1S/C18H28N2O2S/c1-2-3-4-5-6-7-8-9-10-14-22-18(21)20-17(23)16-12-11-13-19-15-16/h11-13,15H,2-10,14H2,1H3,(H,20,21,23). The number of hydrogen-bond acceptors (Lipinski definition) is 4. The molecule has 0 saturated carbocycles. The SMILES string of the molecule is CCCCCCCCCCCOC(=O)NC(=S)c1cccnc1. The summed E-state index contributed by atoms with van der Waals surface area (Å²) in [5, 5.41) is 2.56. The monoisotopic (exact) mass is 336 g/mol.